The first-order valence-electron chi connectivity index (χ1n) is 8.72. The summed E-state index contributed by atoms with van der Waals surface area (Å²) in [5.74, 6) is 0. The van der Waals surface area contributed by atoms with Gasteiger partial charge in [0, 0.05) is 17.5 Å². The van der Waals surface area contributed by atoms with Gasteiger partial charge in [-0.2, -0.15) is 0 Å². The van der Waals surface area contributed by atoms with E-state index in [1.807, 2.05) is 18.2 Å². The van der Waals surface area contributed by atoms with Gasteiger partial charge >= 0.3 is 0 Å². The Bertz CT molecular complexity index is 1170. The highest BCUT2D eigenvalue weighted by Crippen LogP contribution is 2.37. The predicted octanol–water partition coefficient (Wildman–Crippen LogP) is 6.01. The van der Waals surface area contributed by atoms with Crippen LogP contribution >= 0.6 is 23.2 Å². The van der Waals surface area contributed by atoms with E-state index in [0.29, 0.717) is 10.0 Å². The lowest BCUT2D eigenvalue weighted by Crippen LogP contribution is -2.25. The minimum atomic E-state index is 0.557. The fraction of sp³-hybridized carbons (Fsp3) is 0.136. The van der Waals surface area contributed by atoms with Crippen molar-refractivity contribution in [3.63, 3.8) is 0 Å². The van der Waals surface area contributed by atoms with Gasteiger partial charge in [-0.1, -0.05) is 59.6 Å². The molecule has 0 spiro atoms. The zero-order chi connectivity index (χ0) is 17.7. The van der Waals surface area contributed by atoms with Gasteiger partial charge in [-0.15, -0.1) is 0 Å². The molecule has 4 aromatic rings. The minimum Gasteiger partial charge on any atom is -0.312 e. The summed E-state index contributed by atoms with van der Waals surface area (Å²) in [5.41, 5.74) is 5.69. The maximum absolute atomic E-state index is 6.27. The molecular weight excluding hydrogens is 363 g/mol. The maximum Gasteiger partial charge on any atom is 0.0757 e. The van der Waals surface area contributed by atoms with E-state index in [0.717, 1.165) is 36.3 Å². The van der Waals surface area contributed by atoms with Crippen LogP contribution in [0.3, 0.4) is 0 Å². The second kappa shape index (κ2) is 6.24. The fourth-order valence-electron chi connectivity index (χ4n) is 3.93. The number of halogens is 2. The van der Waals surface area contributed by atoms with E-state index >= 15 is 0 Å². The zero-order valence-electron chi connectivity index (χ0n) is 14.0. The second-order valence-corrected chi connectivity index (χ2v) is 7.47. The van der Waals surface area contributed by atoms with Crippen molar-refractivity contribution in [1.29, 1.82) is 0 Å². The van der Waals surface area contributed by atoms with Crippen LogP contribution in [0.25, 0.3) is 32.9 Å². The number of rotatable bonds is 1. The smallest absolute Gasteiger partial charge is 0.0757 e. The van der Waals surface area contributed by atoms with Gasteiger partial charge < -0.3 is 5.32 Å². The Balaban J connectivity index is 1.88. The normalized spacial score (nSPS) is 13.9. The van der Waals surface area contributed by atoms with Gasteiger partial charge in [0.25, 0.3) is 0 Å². The van der Waals surface area contributed by atoms with Crippen LogP contribution in [0.5, 0.6) is 0 Å². The van der Waals surface area contributed by atoms with Crippen molar-refractivity contribution in [1.82, 2.24) is 10.3 Å². The highest BCUT2D eigenvalue weighted by Gasteiger charge is 2.20. The van der Waals surface area contributed by atoms with Crippen molar-refractivity contribution in [3.8, 4) is 11.3 Å². The average molecular weight is 379 g/mol. The minimum absolute atomic E-state index is 0.557. The fourth-order valence-corrected chi connectivity index (χ4v) is 4.23. The van der Waals surface area contributed by atoms with Crippen LogP contribution in [0.4, 0.5) is 0 Å². The van der Waals surface area contributed by atoms with E-state index in [4.69, 9.17) is 28.2 Å². The molecule has 0 aliphatic carbocycles. The third-order valence-electron chi connectivity index (χ3n) is 5.14. The summed E-state index contributed by atoms with van der Waals surface area (Å²) in [6.07, 6.45) is 0.997. The molecule has 1 aromatic heterocycles. The van der Waals surface area contributed by atoms with Gasteiger partial charge in [-0.3, -0.25) is 0 Å². The highest BCUT2D eigenvalue weighted by molar-refractivity contribution is 6.42. The first-order valence-corrected chi connectivity index (χ1v) is 9.47. The third kappa shape index (κ3) is 2.49. The Morgan fingerprint density at radius 1 is 0.885 bits per heavy atom. The molecule has 0 saturated carbocycles. The largest absolute Gasteiger partial charge is 0.312 e. The number of nitrogens with zero attached hydrogens (tertiary/aromatic N) is 1. The van der Waals surface area contributed by atoms with Gasteiger partial charge in [-0.05, 0) is 53.1 Å². The predicted molar refractivity (Wildman–Crippen MR) is 110 cm³/mol. The number of benzene rings is 3. The molecule has 0 fully saturated rings. The van der Waals surface area contributed by atoms with Crippen LogP contribution < -0.4 is 5.32 Å². The molecule has 1 N–H and O–H groups in total. The molecule has 0 radical (unpaired) electrons. The summed E-state index contributed by atoms with van der Waals surface area (Å²) in [7, 11) is 0. The maximum atomic E-state index is 6.27. The number of nitrogens with one attached hydrogen (secondary N) is 1. The number of pyridine rings is 1. The Hall–Kier alpha value is -2.13. The molecule has 0 saturated heterocycles. The van der Waals surface area contributed by atoms with Crippen LogP contribution in [-0.4, -0.2) is 11.5 Å². The van der Waals surface area contributed by atoms with Gasteiger partial charge in [0.2, 0.25) is 0 Å². The highest BCUT2D eigenvalue weighted by atomic mass is 35.5. The lowest BCUT2D eigenvalue weighted by Gasteiger charge is -2.23. The van der Waals surface area contributed by atoms with Crippen molar-refractivity contribution in [2.24, 2.45) is 0 Å². The molecule has 26 heavy (non-hydrogen) atoms. The summed E-state index contributed by atoms with van der Waals surface area (Å²) < 4.78 is 0. The van der Waals surface area contributed by atoms with Crippen molar-refractivity contribution < 1.29 is 0 Å². The van der Waals surface area contributed by atoms with E-state index in [2.05, 4.69) is 41.7 Å². The molecule has 5 rings (SSSR count). The van der Waals surface area contributed by atoms with Gasteiger partial charge in [0.1, 0.15) is 0 Å². The van der Waals surface area contributed by atoms with Crippen LogP contribution in [0.1, 0.15) is 11.1 Å². The van der Waals surface area contributed by atoms with Crippen LogP contribution in [0.2, 0.25) is 10.0 Å². The monoisotopic (exact) mass is 378 g/mol. The van der Waals surface area contributed by atoms with E-state index in [-0.39, 0.29) is 0 Å². The molecule has 0 bridgehead atoms. The lowest BCUT2D eigenvalue weighted by molar-refractivity contribution is 0.646. The Labute approximate surface area is 161 Å². The summed E-state index contributed by atoms with van der Waals surface area (Å²) in [5, 5.41) is 8.42. The van der Waals surface area contributed by atoms with Gasteiger partial charge in [-0.25, -0.2) is 4.98 Å². The number of fused-ring (bicyclic) bond motifs is 5. The van der Waals surface area contributed by atoms with Crippen LogP contribution in [0, 0.1) is 0 Å². The van der Waals surface area contributed by atoms with E-state index in [9.17, 15) is 0 Å². The van der Waals surface area contributed by atoms with Gasteiger partial charge in [0.05, 0.1) is 21.3 Å². The summed E-state index contributed by atoms with van der Waals surface area (Å²) in [6.45, 7) is 1.80. The van der Waals surface area contributed by atoms with Crippen molar-refractivity contribution >= 4 is 44.9 Å². The standard InChI is InChI=1S/C22H16Cl2N2/c23-18-7-5-14(11-19(18)24)22-17-12-25-10-9-16(17)21-15-4-2-1-3-13(15)6-8-20(21)26-22/h1-8,11,25H,9-10,12H2. The Morgan fingerprint density at radius 2 is 1.77 bits per heavy atom. The average Bonchev–Trinajstić information content (AvgIpc) is 2.69. The molecule has 0 atom stereocenters. The molecule has 4 heteroatoms. The number of hydrogen-bond acceptors (Lipinski definition) is 2. The Morgan fingerprint density at radius 3 is 2.65 bits per heavy atom. The lowest BCUT2D eigenvalue weighted by atomic mass is 9.90. The summed E-state index contributed by atoms with van der Waals surface area (Å²) >= 11 is 12.4. The summed E-state index contributed by atoms with van der Waals surface area (Å²) in [6, 6.07) is 18.6. The van der Waals surface area contributed by atoms with Crippen molar-refractivity contribution in [3.05, 3.63) is 75.8 Å². The van der Waals surface area contributed by atoms with Crippen molar-refractivity contribution in [2.45, 2.75) is 13.0 Å². The SMILES string of the molecule is Clc1ccc(-c2nc3ccc4ccccc4c3c3c2CNCC3)cc1Cl. The molecular formula is C22H16Cl2N2. The first-order chi connectivity index (χ1) is 12.7. The van der Waals surface area contributed by atoms with Crippen LogP contribution in [0.15, 0.2) is 54.6 Å². The topological polar surface area (TPSA) is 24.9 Å². The van der Waals surface area contributed by atoms with Crippen molar-refractivity contribution in [2.75, 3.05) is 6.54 Å². The quantitative estimate of drug-likeness (QED) is 0.410. The van der Waals surface area contributed by atoms with E-state index in [1.165, 1.54) is 27.3 Å². The van der Waals surface area contributed by atoms with Gasteiger partial charge in [0.15, 0.2) is 0 Å². The summed E-state index contributed by atoms with van der Waals surface area (Å²) in [4.78, 5) is 5.04. The number of aromatic nitrogens is 1. The first kappa shape index (κ1) is 16.1. The Kier molecular flexibility index (Phi) is 3.86. The molecule has 1 aliphatic rings. The zero-order valence-corrected chi connectivity index (χ0v) is 15.5. The van der Waals surface area contributed by atoms with E-state index < -0.39 is 0 Å². The molecule has 1 aliphatic heterocycles. The molecule has 0 amide bonds. The number of hydrogen-bond donors (Lipinski definition) is 1. The van der Waals surface area contributed by atoms with Crippen LogP contribution in [-0.2, 0) is 13.0 Å². The molecule has 2 heterocycles. The third-order valence-corrected chi connectivity index (χ3v) is 5.88. The molecule has 3 aromatic carbocycles. The second-order valence-electron chi connectivity index (χ2n) is 6.65. The van der Waals surface area contributed by atoms with E-state index in [1.54, 1.807) is 0 Å². The molecule has 0 unspecified atom stereocenters. The molecule has 2 nitrogen and oxygen atoms in total. The molecule has 128 valence electrons.